The van der Waals surface area contributed by atoms with Gasteiger partial charge in [-0.1, -0.05) is 12.8 Å². The zero-order valence-corrected chi connectivity index (χ0v) is 5.14. The van der Waals surface area contributed by atoms with E-state index < -0.39 is 0 Å². The number of hydrogen-bond acceptors (Lipinski definition) is 0. The van der Waals surface area contributed by atoms with Gasteiger partial charge in [0.15, 0.2) is 0 Å². The fourth-order valence-electron chi connectivity index (χ4n) is 0.957. The first kappa shape index (κ1) is 8.03. The maximum atomic E-state index is 2.87. The minimum absolute atomic E-state index is 0. The second-order valence-corrected chi connectivity index (χ2v) is 2.99. The SMILES string of the molecule is PC1CCCC1.[LiH]. The molecule has 1 aliphatic carbocycles. The quantitative estimate of drug-likeness (QED) is 0.324. The molecule has 0 aromatic rings. The Hall–Kier alpha value is 1.03. The molecule has 0 aliphatic heterocycles. The molecule has 0 aromatic carbocycles. The molecule has 0 saturated heterocycles. The Labute approximate surface area is 59.8 Å². The molecule has 1 atom stereocenters. The predicted octanol–water partition coefficient (Wildman–Crippen LogP) is 1.16. The summed E-state index contributed by atoms with van der Waals surface area (Å²) in [4.78, 5) is 0. The van der Waals surface area contributed by atoms with E-state index in [4.69, 9.17) is 0 Å². The molecule has 0 aromatic heterocycles. The fraction of sp³-hybridized carbons (Fsp3) is 1.00. The predicted molar refractivity (Wildman–Crippen MR) is 39.1 cm³/mol. The second kappa shape index (κ2) is 3.96. The molecule has 0 bridgehead atoms. The molecular weight excluding hydrogens is 98.0 g/mol. The average Bonchev–Trinajstić information content (AvgIpc) is 1.86. The van der Waals surface area contributed by atoms with Crippen molar-refractivity contribution in [3.63, 3.8) is 0 Å². The summed E-state index contributed by atoms with van der Waals surface area (Å²) in [5.41, 5.74) is 0.963. The molecule has 38 valence electrons. The number of hydrogen-bond donors (Lipinski definition) is 0. The van der Waals surface area contributed by atoms with E-state index in [1.807, 2.05) is 0 Å². The van der Waals surface area contributed by atoms with E-state index in [0.29, 0.717) is 0 Å². The molecule has 0 heterocycles. The molecular formula is C5H12LiP. The Kier molecular flexibility index (Phi) is 4.54. The molecule has 1 saturated carbocycles. The summed E-state index contributed by atoms with van der Waals surface area (Å²) in [6.45, 7) is 0. The normalized spacial score (nSPS) is 21.9. The third-order valence-electron chi connectivity index (χ3n) is 1.40. The monoisotopic (exact) mass is 110 g/mol. The van der Waals surface area contributed by atoms with E-state index in [1.54, 1.807) is 0 Å². The van der Waals surface area contributed by atoms with Crippen LogP contribution in [0.3, 0.4) is 0 Å². The number of rotatable bonds is 0. The first-order chi connectivity index (χ1) is 2.89. The first-order valence-corrected chi connectivity index (χ1v) is 3.32. The minimum atomic E-state index is 0. The third-order valence-corrected chi connectivity index (χ3v) is 2.07. The van der Waals surface area contributed by atoms with Crippen LogP contribution >= 0.6 is 9.24 Å². The Morgan fingerprint density at radius 3 is 1.71 bits per heavy atom. The Bertz CT molecular complexity index is 41.3. The first-order valence-electron chi connectivity index (χ1n) is 2.65. The van der Waals surface area contributed by atoms with E-state index in [0.717, 1.165) is 5.66 Å². The zero-order valence-electron chi connectivity index (χ0n) is 3.98. The third kappa shape index (κ3) is 2.76. The van der Waals surface area contributed by atoms with Gasteiger partial charge >= 0.3 is 18.9 Å². The molecule has 7 heavy (non-hydrogen) atoms. The molecule has 1 aliphatic rings. The fourth-order valence-corrected chi connectivity index (χ4v) is 1.43. The van der Waals surface area contributed by atoms with Crippen LogP contribution in [-0.4, -0.2) is 24.5 Å². The van der Waals surface area contributed by atoms with Crippen molar-refractivity contribution < 1.29 is 0 Å². The van der Waals surface area contributed by atoms with Crippen molar-refractivity contribution in [1.82, 2.24) is 0 Å². The van der Waals surface area contributed by atoms with Crippen molar-refractivity contribution in [2.45, 2.75) is 31.3 Å². The van der Waals surface area contributed by atoms with Crippen LogP contribution in [0.2, 0.25) is 0 Å². The van der Waals surface area contributed by atoms with Gasteiger partial charge < -0.3 is 0 Å². The Balaban J connectivity index is 0.000000360. The standard InChI is InChI=1S/C5H11P.Li.H/c6-5-3-1-2-4-5;;/h5H,1-4,6H2;;. The molecule has 0 N–H and O–H groups in total. The van der Waals surface area contributed by atoms with E-state index in [2.05, 4.69) is 9.24 Å². The summed E-state index contributed by atoms with van der Waals surface area (Å²) < 4.78 is 0. The summed E-state index contributed by atoms with van der Waals surface area (Å²) >= 11 is 0. The van der Waals surface area contributed by atoms with Crippen molar-refractivity contribution in [2.24, 2.45) is 0 Å². The van der Waals surface area contributed by atoms with Gasteiger partial charge in [-0.15, -0.1) is 9.24 Å². The molecule has 0 nitrogen and oxygen atoms in total. The van der Waals surface area contributed by atoms with Gasteiger partial charge in [0.05, 0.1) is 0 Å². The molecule has 0 spiro atoms. The molecule has 1 rings (SSSR count). The van der Waals surface area contributed by atoms with Crippen LogP contribution < -0.4 is 0 Å². The molecule has 1 fully saturated rings. The van der Waals surface area contributed by atoms with Gasteiger partial charge in [0.1, 0.15) is 0 Å². The summed E-state index contributed by atoms with van der Waals surface area (Å²) in [7, 11) is 2.87. The topological polar surface area (TPSA) is 0 Å². The van der Waals surface area contributed by atoms with Crippen molar-refractivity contribution in [2.75, 3.05) is 0 Å². The van der Waals surface area contributed by atoms with Gasteiger partial charge in [-0.05, 0) is 18.5 Å². The Morgan fingerprint density at radius 2 is 1.57 bits per heavy atom. The Morgan fingerprint density at radius 1 is 1.14 bits per heavy atom. The van der Waals surface area contributed by atoms with Crippen molar-refractivity contribution in [3.05, 3.63) is 0 Å². The maximum absolute atomic E-state index is 2.87. The summed E-state index contributed by atoms with van der Waals surface area (Å²) in [6, 6.07) is 0. The van der Waals surface area contributed by atoms with E-state index >= 15 is 0 Å². The van der Waals surface area contributed by atoms with Crippen molar-refractivity contribution in [3.8, 4) is 0 Å². The van der Waals surface area contributed by atoms with E-state index in [-0.39, 0.29) is 18.9 Å². The molecule has 2 heteroatoms. The molecule has 0 radical (unpaired) electrons. The zero-order chi connectivity index (χ0) is 4.41. The van der Waals surface area contributed by atoms with Crippen molar-refractivity contribution in [1.29, 1.82) is 0 Å². The van der Waals surface area contributed by atoms with Gasteiger partial charge in [0.2, 0.25) is 0 Å². The summed E-state index contributed by atoms with van der Waals surface area (Å²) in [6.07, 6.45) is 5.83. The van der Waals surface area contributed by atoms with Crippen LogP contribution in [0.25, 0.3) is 0 Å². The van der Waals surface area contributed by atoms with Crippen LogP contribution in [0.5, 0.6) is 0 Å². The van der Waals surface area contributed by atoms with Crippen LogP contribution in [0.1, 0.15) is 25.7 Å². The van der Waals surface area contributed by atoms with Crippen LogP contribution in [0.15, 0.2) is 0 Å². The van der Waals surface area contributed by atoms with Crippen LogP contribution in [0, 0.1) is 0 Å². The van der Waals surface area contributed by atoms with Gasteiger partial charge in [0, 0.05) is 0 Å². The molecule has 0 amide bonds. The van der Waals surface area contributed by atoms with Gasteiger partial charge in [-0.25, -0.2) is 0 Å². The van der Waals surface area contributed by atoms with Gasteiger partial charge in [-0.2, -0.15) is 0 Å². The van der Waals surface area contributed by atoms with Gasteiger partial charge in [-0.3, -0.25) is 0 Å². The van der Waals surface area contributed by atoms with E-state index in [9.17, 15) is 0 Å². The van der Waals surface area contributed by atoms with E-state index in [1.165, 1.54) is 25.7 Å². The summed E-state index contributed by atoms with van der Waals surface area (Å²) in [5.74, 6) is 0. The van der Waals surface area contributed by atoms with Crippen LogP contribution in [0.4, 0.5) is 0 Å². The average molecular weight is 110 g/mol. The second-order valence-electron chi connectivity index (χ2n) is 2.04. The van der Waals surface area contributed by atoms with Crippen LogP contribution in [-0.2, 0) is 0 Å². The van der Waals surface area contributed by atoms with Gasteiger partial charge in [0.25, 0.3) is 0 Å². The van der Waals surface area contributed by atoms with Crippen molar-refractivity contribution >= 4 is 28.1 Å². The summed E-state index contributed by atoms with van der Waals surface area (Å²) in [5, 5.41) is 0. The molecule has 1 unspecified atom stereocenters.